The Bertz CT molecular complexity index is 1360. The molecule has 0 saturated heterocycles. The van der Waals surface area contributed by atoms with Crippen LogP contribution < -0.4 is 4.31 Å². The van der Waals surface area contributed by atoms with Crippen LogP contribution >= 0.6 is 0 Å². The van der Waals surface area contributed by atoms with Crippen LogP contribution in [0.5, 0.6) is 0 Å². The number of halogens is 1. The molecule has 3 atom stereocenters. The van der Waals surface area contributed by atoms with Gasteiger partial charge in [-0.05, 0) is 30.2 Å². The molecule has 0 aliphatic heterocycles. The van der Waals surface area contributed by atoms with Crippen molar-refractivity contribution < 1.29 is 63.1 Å². The molecule has 0 aliphatic rings. The molecule has 2 rings (SSSR count). The molecule has 19 heteroatoms. The molecule has 17 nitrogen and oxygen atoms in total. The van der Waals surface area contributed by atoms with Gasteiger partial charge >= 0.3 is 5.97 Å². The van der Waals surface area contributed by atoms with E-state index in [4.69, 9.17) is 25.6 Å². The molecule has 0 amide bonds. The van der Waals surface area contributed by atoms with E-state index in [2.05, 4.69) is 19.6 Å². The molecular weight excluding hydrogens is 613 g/mol. The molecule has 246 valence electrons. The number of aromatic nitrogens is 2. The zero-order valence-corrected chi connectivity index (χ0v) is 25.1. The third-order valence-electron chi connectivity index (χ3n) is 5.86. The second-order valence-electron chi connectivity index (χ2n) is 9.80. The van der Waals surface area contributed by atoms with Gasteiger partial charge in [-0.3, -0.25) is 25.6 Å². The fourth-order valence-corrected chi connectivity index (χ4v) is 4.05. The number of anilines is 1. The highest BCUT2D eigenvalue weighted by atomic mass is 32.2. The Morgan fingerprint density at radius 1 is 1.05 bits per heavy atom. The molecule has 0 fully saturated rings. The minimum absolute atomic E-state index is 0.114. The van der Waals surface area contributed by atoms with E-state index in [0.29, 0.717) is 16.8 Å². The molecule has 6 N–H and O–H groups in total. The molecule has 0 spiro atoms. The Hall–Kier alpha value is -3.21. The standard InChI is InChI=1S/C25H36FN5O12S/c1-15(2)23-21(24(16-5-7-17(26)8-6-16)28-25(27-23)29(3)44(4,39)40)10-9-18(32)11-19(33)12-22(34)41-13-20(43-31(37)38)14-42-30(35)36/h5-10,15,18-20,32-33,35-38H,11-14H2,1-4H3/b10-9+. The third-order valence-corrected chi connectivity index (χ3v) is 7.02. The first-order valence-corrected chi connectivity index (χ1v) is 14.8. The highest BCUT2D eigenvalue weighted by Gasteiger charge is 2.23. The van der Waals surface area contributed by atoms with Crippen molar-refractivity contribution in [2.24, 2.45) is 0 Å². The number of hydrogen-bond acceptors (Lipinski definition) is 16. The van der Waals surface area contributed by atoms with Crippen LogP contribution in [0.15, 0.2) is 30.3 Å². The van der Waals surface area contributed by atoms with E-state index in [1.54, 1.807) is 0 Å². The zero-order valence-electron chi connectivity index (χ0n) is 24.3. The van der Waals surface area contributed by atoms with E-state index in [1.165, 1.54) is 43.5 Å². The van der Waals surface area contributed by atoms with Crippen molar-refractivity contribution in [3.05, 3.63) is 47.4 Å². The van der Waals surface area contributed by atoms with Gasteiger partial charge in [0.15, 0.2) is 0 Å². The summed E-state index contributed by atoms with van der Waals surface area (Å²) >= 11 is 0. The van der Waals surface area contributed by atoms with Crippen LogP contribution in [0.4, 0.5) is 10.3 Å². The van der Waals surface area contributed by atoms with Crippen LogP contribution in [0, 0.1) is 5.82 Å². The van der Waals surface area contributed by atoms with E-state index >= 15 is 0 Å². The first kappa shape index (κ1) is 37.0. The third kappa shape index (κ3) is 12.1. The normalized spacial score (nSPS) is 14.4. The summed E-state index contributed by atoms with van der Waals surface area (Å²) in [6.07, 6.45) is -1.18. The maximum absolute atomic E-state index is 13.7. The lowest BCUT2D eigenvalue weighted by Crippen LogP contribution is -2.35. The van der Waals surface area contributed by atoms with E-state index in [0.717, 1.165) is 10.6 Å². The first-order chi connectivity index (χ1) is 20.5. The van der Waals surface area contributed by atoms with Gasteiger partial charge in [0, 0.05) is 24.6 Å². The quantitative estimate of drug-likeness (QED) is 0.104. The monoisotopic (exact) mass is 649 g/mol. The van der Waals surface area contributed by atoms with Crippen molar-refractivity contribution in [2.45, 2.75) is 50.9 Å². The number of sulfonamides is 1. The maximum atomic E-state index is 13.7. The SMILES string of the molecule is CC(C)c1nc(N(C)S(C)(=O)=O)nc(-c2ccc(F)cc2)c1/C=C/C(O)CC(O)CC(=O)OCC(CON(O)O)ON(O)O. The van der Waals surface area contributed by atoms with E-state index < -0.39 is 70.5 Å². The summed E-state index contributed by atoms with van der Waals surface area (Å²) in [5.74, 6) is -1.82. The summed E-state index contributed by atoms with van der Waals surface area (Å²) < 4.78 is 43.8. The van der Waals surface area contributed by atoms with Crippen molar-refractivity contribution in [2.75, 3.05) is 30.8 Å². The Kier molecular flexibility index (Phi) is 14.1. The second kappa shape index (κ2) is 16.7. The van der Waals surface area contributed by atoms with Gasteiger partial charge in [-0.1, -0.05) is 26.0 Å². The van der Waals surface area contributed by atoms with Crippen molar-refractivity contribution in [3.63, 3.8) is 0 Å². The summed E-state index contributed by atoms with van der Waals surface area (Å²) in [7, 11) is -2.43. The smallest absolute Gasteiger partial charge is 0.308 e. The largest absolute Gasteiger partial charge is 0.463 e. The molecule has 0 saturated carbocycles. The van der Waals surface area contributed by atoms with Gasteiger partial charge in [-0.2, -0.15) is 0 Å². The minimum atomic E-state index is -3.72. The average molecular weight is 650 g/mol. The highest BCUT2D eigenvalue weighted by Crippen LogP contribution is 2.31. The lowest BCUT2D eigenvalue weighted by Gasteiger charge is -2.20. The number of ether oxygens (including phenoxy) is 1. The summed E-state index contributed by atoms with van der Waals surface area (Å²) in [5, 5.41) is 54.2. The molecule has 0 aliphatic carbocycles. The number of benzene rings is 1. The summed E-state index contributed by atoms with van der Waals surface area (Å²) in [6, 6.07) is 5.34. The molecular formula is C25H36FN5O12S. The molecule has 0 radical (unpaired) electrons. The fourth-order valence-electron chi connectivity index (χ4n) is 3.67. The van der Waals surface area contributed by atoms with Gasteiger partial charge in [0.2, 0.25) is 16.0 Å². The summed E-state index contributed by atoms with van der Waals surface area (Å²) in [4.78, 5) is 29.7. The average Bonchev–Trinajstić information content (AvgIpc) is 2.92. The number of aliphatic hydroxyl groups excluding tert-OH is 2. The van der Waals surface area contributed by atoms with Gasteiger partial charge in [0.1, 0.15) is 25.1 Å². The van der Waals surface area contributed by atoms with Crippen LogP contribution in [0.25, 0.3) is 17.3 Å². The number of esters is 1. The van der Waals surface area contributed by atoms with Gasteiger partial charge in [-0.25, -0.2) is 36.8 Å². The van der Waals surface area contributed by atoms with Crippen molar-refractivity contribution >= 4 is 28.0 Å². The number of aliphatic hydroxyl groups is 2. The molecule has 44 heavy (non-hydrogen) atoms. The molecule has 1 aromatic carbocycles. The van der Waals surface area contributed by atoms with Gasteiger partial charge < -0.3 is 14.9 Å². The topological polar surface area (TPSA) is 236 Å². The van der Waals surface area contributed by atoms with Crippen LogP contribution in [0.1, 0.15) is 43.9 Å². The maximum Gasteiger partial charge on any atom is 0.308 e. The minimum Gasteiger partial charge on any atom is -0.463 e. The van der Waals surface area contributed by atoms with Gasteiger partial charge in [0.05, 0.1) is 47.1 Å². The predicted octanol–water partition coefficient (Wildman–Crippen LogP) is 1.25. The van der Waals surface area contributed by atoms with Crippen molar-refractivity contribution in [1.82, 2.24) is 20.7 Å². The van der Waals surface area contributed by atoms with Crippen LogP contribution in [-0.4, -0.2) is 111 Å². The van der Waals surface area contributed by atoms with Crippen LogP contribution in [0.3, 0.4) is 0 Å². The number of carbonyl (C=O) groups excluding carboxylic acids is 1. The Morgan fingerprint density at radius 3 is 2.23 bits per heavy atom. The van der Waals surface area contributed by atoms with Gasteiger partial charge in [0.25, 0.3) is 0 Å². The Labute approximate surface area is 252 Å². The summed E-state index contributed by atoms with van der Waals surface area (Å²) in [5.41, 5.74) is 1.54. The lowest BCUT2D eigenvalue weighted by molar-refractivity contribution is -0.527. The Balaban J connectivity index is 2.22. The fraction of sp³-hybridized carbons (Fsp3) is 0.480. The van der Waals surface area contributed by atoms with Crippen molar-refractivity contribution in [1.29, 1.82) is 0 Å². The first-order valence-electron chi connectivity index (χ1n) is 12.9. The predicted molar refractivity (Wildman–Crippen MR) is 148 cm³/mol. The highest BCUT2D eigenvalue weighted by molar-refractivity contribution is 7.92. The van der Waals surface area contributed by atoms with E-state index in [-0.39, 0.29) is 24.0 Å². The number of hydrogen-bond donors (Lipinski definition) is 6. The molecule has 3 unspecified atom stereocenters. The number of nitrogens with zero attached hydrogens (tertiary/aromatic N) is 5. The number of carbonyl (C=O) groups is 1. The summed E-state index contributed by atoms with van der Waals surface area (Å²) in [6.45, 7) is 2.30. The van der Waals surface area contributed by atoms with Crippen LogP contribution in [0.2, 0.25) is 0 Å². The lowest BCUT2D eigenvalue weighted by atomic mass is 9.97. The number of rotatable bonds is 17. The van der Waals surface area contributed by atoms with E-state index in [1.807, 2.05) is 13.8 Å². The van der Waals surface area contributed by atoms with Crippen LogP contribution in [-0.2, 0) is 29.2 Å². The molecule has 0 bridgehead atoms. The van der Waals surface area contributed by atoms with Gasteiger partial charge in [-0.15, -0.1) is 0 Å². The molecule has 1 aromatic heterocycles. The van der Waals surface area contributed by atoms with E-state index in [9.17, 15) is 27.8 Å². The Morgan fingerprint density at radius 2 is 1.68 bits per heavy atom. The second-order valence-corrected chi connectivity index (χ2v) is 11.8. The van der Waals surface area contributed by atoms with Crippen molar-refractivity contribution in [3.8, 4) is 11.3 Å². The zero-order chi connectivity index (χ0) is 33.2. The molecule has 2 aromatic rings. The molecule has 1 heterocycles.